The van der Waals surface area contributed by atoms with E-state index in [2.05, 4.69) is 12.2 Å². The maximum atomic E-state index is 13.4. The summed E-state index contributed by atoms with van der Waals surface area (Å²) in [6, 6.07) is 4.42. The number of rotatable bonds is 5. The Morgan fingerprint density at radius 1 is 1.40 bits per heavy atom. The molecule has 0 heterocycles. The highest BCUT2D eigenvalue weighted by molar-refractivity contribution is 6.33. The molecule has 0 spiro atoms. The molecule has 0 amide bonds. The van der Waals surface area contributed by atoms with Crippen molar-refractivity contribution in [3.05, 3.63) is 29.0 Å². The third kappa shape index (κ3) is 3.64. The van der Waals surface area contributed by atoms with Gasteiger partial charge in [0, 0.05) is 12.1 Å². The molecule has 0 unspecified atom stereocenters. The molecule has 0 atom stereocenters. The van der Waals surface area contributed by atoms with E-state index in [0.29, 0.717) is 17.3 Å². The van der Waals surface area contributed by atoms with Crippen molar-refractivity contribution in [2.45, 2.75) is 51.0 Å². The number of halogens is 2. The zero-order chi connectivity index (χ0) is 14.6. The predicted octanol–water partition coefficient (Wildman–Crippen LogP) is 4.58. The average molecular weight is 299 g/mol. The maximum Gasteiger partial charge on any atom is 0.125 e. The zero-order valence-electron chi connectivity index (χ0n) is 12.1. The second-order valence-electron chi connectivity index (χ2n) is 5.97. The molecule has 0 aliphatic heterocycles. The fourth-order valence-corrected chi connectivity index (χ4v) is 3.35. The van der Waals surface area contributed by atoms with Gasteiger partial charge < -0.3 is 11.1 Å². The van der Waals surface area contributed by atoms with E-state index in [1.165, 1.54) is 37.8 Å². The first kappa shape index (κ1) is 15.6. The first-order chi connectivity index (χ1) is 9.58. The monoisotopic (exact) mass is 298 g/mol. The Balaban J connectivity index is 2.07. The lowest BCUT2D eigenvalue weighted by Crippen LogP contribution is -2.48. The number of benzene rings is 1. The van der Waals surface area contributed by atoms with Gasteiger partial charge in [0.05, 0.1) is 10.7 Å². The van der Waals surface area contributed by atoms with Crippen LogP contribution in [0.5, 0.6) is 0 Å². The van der Waals surface area contributed by atoms with Crippen LogP contribution in [0.4, 0.5) is 10.1 Å². The van der Waals surface area contributed by atoms with Crippen LogP contribution in [0.15, 0.2) is 18.2 Å². The van der Waals surface area contributed by atoms with Crippen LogP contribution in [0.1, 0.15) is 45.4 Å². The van der Waals surface area contributed by atoms with Crippen LogP contribution in [0.25, 0.3) is 0 Å². The Hall–Kier alpha value is -0.800. The Morgan fingerprint density at radius 2 is 2.10 bits per heavy atom. The molecule has 1 aliphatic rings. The summed E-state index contributed by atoms with van der Waals surface area (Å²) in [5.74, 6) is 0.535. The quantitative estimate of drug-likeness (QED) is 0.835. The Bertz CT molecular complexity index is 442. The van der Waals surface area contributed by atoms with E-state index in [9.17, 15) is 4.39 Å². The minimum Gasteiger partial charge on any atom is -0.377 e. The number of hydrogen-bond acceptors (Lipinski definition) is 2. The van der Waals surface area contributed by atoms with Gasteiger partial charge in [0.15, 0.2) is 0 Å². The summed E-state index contributed by atoms with van der Waals surface area (Å²) in [4.78, 5) is 0. The highest BCUT2D eigenvalue weighted by atomic mass is 35.5. The Labute approximate surface area is 125 Å². The van der Waals surface area contributed by atoms with Crippen LogP contribution in [0.3, 0.4) is 0 Å². The Morgan fingerprint density at radius 3 is 2.70 bits per heavy atom. The van der Waals surface area contributed by atoms with Crippen molar-refractivity contribution in [1.29, 1.82) is 0 Å². The van der Waals surface area contributed by atoms with Gasteiger partial charge in [-0.2, -0.15) is 0 Å². The maximum absolute atomic E-state index is 13.4. The van der Waals surface area contributed by atoms with Crippen molar-refractivity contribution in [3.63, 3.8) is 0 Å². The zero-order valence-corrected chi connectivity index (χ0v) is 12.8. The summed E-state index contributed by atoms with van der Waals surface area (Å²) in [6.07, 6.45) is 6.96. The van der Waals surface area contributed by atoms with Crippen molar-refractivity contribution in [2.75, 3.05) is 11.9 Å². The van der Waals surface area contributed by atoms with Crippen LogP contribution in [-0.2, 0) is 0 Å². The Kier molecular flexibility index (Phi) is 5.28. The molecule has 20 heavy (non-hydrogen) atoms. The van der Waals surface area contributed by atoms with E-state index in [0.717, 1.165) is 18.8 Å². The summed E-state index contributed by atoms with van der Waals surface area (Å²) in [7, 11) is 0. The summed E-state index contributed by atoms with van der Waals surface area (Å²) in [5, 5.41) is 3.97. The smallest absolute Gasteiger partial charge is 0.125 e. The fourth-order valence-electron chi connectivity index (χ4n) is 3.19. The number of anilines is 1. The van der Waals surface area contributed by atoms with Gasteiger partial charge in [-0.05, 0) is 49.8 Å². The van der Waals surface area contributed by atoms with Gasteiger partial charge in [0.25, 0.3) is 0 Å². The van der Waals surface area contributed by atoms with Crippen LogP contribution < -0.4 is 11.1 Å². The average Bonchev–Trinajstić information content (AvgIpc) is 2.45. The summed E-state index contributed by atoms with van der Waals surface area (Å²) < 4.78 is 13.4. The van der Waals surface area contributed by atoms with E-state index in [1.807, 2.05) is 0 Å². The molecule has 1 aromatic rings. The number of nitrogens with one attached hydrogen (secondary N) is 1. The molecule has 2 rings (SSSR count). The highest BCUT2D eigenvalue weighted by Gasteiger charge is 2.34. The molecule has 4 heteroatoms. The molecule has 0 radical (unpaired) electrons. The molecule has 1 fully saturated rings. The molecule has 112 valence electrons. The van der Waals surface area contributed by atoms with Crippen LogP contribution in [0, 0.1) is 11.7 Å². The van der Waals surface area contributed by atoms with Gasteiger partial charge in [0.1, 0.15) is 5.82 Å². The van der Waals surface area contributed by atoms with Crippen LogP contribution in [-0.4, -0.2) is 12.1 Å². The summed E-state index contributed by atoms with van der Waals surface area (Å²) in [6.45, 7) is 2.79. The second-order valence-corrected chi connectivity index (χ2v) is 6.37. The first-order valence-electron chi connectivity index (χ1n) is 7.52. The molecule has 0 saturated heterocycles. The minimum absolute atomic E-state index is 0.137. The minimum atomic E-state index is -0.274. The van der Waals surface area contributed by atoms with Gasteiger partial charge in [-0.25, -0.2) is 4.39 Å². The molecular formula is C16H24ClFN2. The van der Waals surface area contributed by atoms with E-state index >= 15 is 0 Å². The van der Waals surface area contributed by atoms with Gasteiger partial charge in [-0.1, -0.05) is 31.4 Å². The normalized spacial score (nSPS) is 26.5. The van der Waals surface area contributed by atoms with Crippen molar-refractivity contribution < 1.29 is 4.39 Å². The van der Waals surface area contributed by atoms with E-state index in [1.54, 1.807) is 6.07 Å². The van der Waals surface area contributed by atoms with E-state index in [4.69, 9.17) is 17.3 Å². The topological polar surface area (TPSA) is 38.0 Å². The first-order valence-corrected chi connectivity index (χ1v) is 7.89. The molecule has 1 saturated carbocycles. The lowest BCUT2D eigenvalue weighted by molar-refractivity contribution is 0.247. The standard InChI is InChI=1S/C16H24ClFN2/c1-2-3-12-6-8-16(11-19,9-7-12)20-15-10-13(18)4-5-14(15)17/h4-5,10,12,20H,2-3,6-9,11,19H2,1H3. The molecule has 0 aromatic heterocycles. The SMILES string of the molecule is CCCC1CCC(CN)(Nc2cc(F)ccc2Cl)CC1. The molecular weight excluding hydrogens is 275 g/mol. The highest BCUT2D eigenvalue weighted by Crippen LogP contribution is 2.37. The summed E-state index contributed by atoms with van der Waals surface area (Å²) in [5.41, 5.74) is 6.52. The van der Waals surface area contributed by atoms with Crippen molar-refractivity contribution in [3.8, 4) is 0 Å². The molecule has 0 bridgehead atoms. The van der Waals surface area contributed by atoms with E-state index < -0.39 is 0 Å². The number of nitrogens with two attached hydrogens (primary N) is 1. The molecule has 2 nitrogen and oxygen atoms in total. The third-order valence-corrected chi connectivity index (χ3v) is 4.81. The molecule has 1 aliphatic carbocycles. The van der Waals surface area contributed by atoms with Gasteiger partial charge in [-0.3, -0.25) is 0 Å². The lowest BCUT2D eigenvalue weighted by atomic mass is 9.75. The van der Waals surface area contributed by atoms with Gasteiger partial charge in [0.2, 0.25) is 0 Å². The van der Waals surface area contributed by atoms with Crippen molar-refractivity contribution in [1.82, 2.24) is 0 Å². The van der Waals surface area contributed by atoms with E-state index in [-0.39, 0.29) is 11.4 Å². The van der Waals surface area contributed by atoms with Crippen molar-refractivity contribution in [2.24, 2.45) is 11.7 Å². The lowest BCUT2D eigenvalue weighted by Gasteiger charge is -2.41. The molecule has 3 N–H and O–H groups in total. The van der Waals surface area contributed by atoms with Gasteiger partial charge >= 0.3 is 0 Å². The predicted molar refractivity (Wildman–Crippen MR) is 83.7 cm³/mol. The third-order valence-electron chi connectivity index (χ3n) is 4.48. The van der Waals surface area contributed by atoms with Gasteiger partial charge in [-0.15, -0.1) is 0 Å². The number of hydrogen-bond donors (Lipinski definition) is 2. The summed E-state index contributed by atoms with van der Waals surface area (Å²) >= 11 is 6.14. The van der Waals surface area contributed by atoms with Crippen LogP contribution >= 0.6 is 11.6 Å². The second kappa shape index (κ2) is 6.77. The fraction of sp³-hybridized carbons (Fsp3) is 0.625. The largest absolute Gasteiger partial charge is 0.377 e. The molecule has 1 aromatic carbocycles. The van der Waals surface area contributed by atoms with Crippen LogP contribution in [0.2, 0.25) is 5.02 Å². The van der Waals surface area contributed by atoms with Crippen molar-refractivity contribution >= 4 is 17.3 Å².